The van der Waals surface area contributed by atoms with Crippen LogP contribution in [0.5, 0.6) is 5.75 Å². The maximum atomic E-state index is 14.5. The smallest absolute Gasteiger partial charge is 0.410 e. The molecule has 4 bridgehead atoms. The SMILES string of the molecule is CC[C@H]1C[C@@]1(NC(=O)C1C[C@@H]2CN1C(=O)[C@H](C(C)(C)C)NC(=O)OCC(C)(C)CCCCOc1ccc(Cl)c3c1CN(C3)C(=O)O2)C(=O)NS(=O)(=O)C1CC1. The molecule has 55 heavy (non-hydrogen) atoms. The van der Waals surface area contributed by atoms with Crippen LogP contribution >= 0.6 is 11.6 Å². The average Bonchev–Trinajstić information content (AvgIpc) is 3.99. The van der Waals surface area contributed by atoms with Gasteiger partial charge in [-0.1, -0.05) is 59.6 Å². The molecular weight excluding hydrogens is 754 g/mol. The Balaban J connectivity index is 1.28. The van der Waals surface area contributed by atoms with Gasteiger partial charge >= 0.3 is 12.2 Å². The molecule has 0 aromatic heterocycles. The number of carbonyl (C=O) groups excluding carboxylic acids is 5. The lowest BCUT2D eigenvalue weighted by molar-refractivity contribution is -0.143. The van der Waals surface area contributed by atoms with E-state index in [1.807, 2.05) is 20.8 Å². The Kier molecular flexibility index (Phi) is 11.4. The molecule has 17 heteroatoms. The zero-order chi connectivity index (χ0) is 40.1. The average molecular weight is 808 g/mol. The molecule has 2 aliphatic carbocycles. The van der Waals surface area contributed by atoms with Crippen molar-refractivity contribution >= 4 is 51.5 Å². The van der Waals surface area contributed by atoms with Crippen LogP contribution in [0, 0.1) is 16.7 Å². The molecule has 3 N–H and O–H groups in total. The van der Waals surface area contributed by atoms with Crippen molar-refractivity contribution in [1.29, 1.82) is 0 Å². The number of sulfonamides is 1. The molecular formula is C38H54ClN5O10S. The largest absolute Gasteiger partial charge is 0.493 e. The molecule has 6 rings (SSSR count). The minimum atomic E-state index is -3.90. The molecule has 1 saturated heterocycles. The second kappa shape index (κ2) is 15.3. The van der Waals surface area contributed by atoms with Crippen molar-refractivity contribution in [2.24, 2.45) is 16.7 Å². The van der Waals surface area contributed by atoms with Gasteiger partial charge in [0.1, 0.15) is 29.5 Å². The highest BCUT2D eigenvalue weighted by Crippen LogP contribution is 2.47. The summed E-state index contributed by atoms with van der Waals surface area (Å²) in [6, 6.07) is 1.14. The number of halogens is 1. The normalized spacial score (nSPS) is 28.9. The van der Waals surface area contributed by atoms with Gasteiger partial charge < -0.3 is 29.7 Å². The standard InChI is InChI=1S/C38H54ClN5O10S/c1-7-22-17-38(22,33(47)42-55(50,51)24-10-11-24)41-31(45)28-16-23-18-44(28)32(46)30(36(2,3)4)40-34(48)53-21-37(5,6)14-8-9-15-52-29-13-12-27(39)25-19-43(20-26(25)29)35(49)54-23/h12-13,22-24,28,30H,7-11,14-21H2,1-6H3,(H,40,48)(H,41,45)(H,42,47)/t22-,23+,28?,30+,38-/m0/s1. The van der Waals surface area contributed by atoms with E-state index in [4.69, 9.17) is 25.8 Å². The van der Waals surface area contributed by atoms with Crippen molar-refractivity contribution in [1.82, 2.24) is 25.2 Å². The quantitative estimate of drug-likeness (QED) is 0.372. The van der Waals surface area contributed by atoms with Crippen LogP contribution in [0.2, 0.25) is 5.02 Å². The fourth-order valence-electron chi connectivity index (χ4n) is 7.77. The van der Waals surface area contributed by atoms with E-state index in [0.717, 1.165) is 30.4 Å². The number of nitrogens with one attached hydrogen (secondary N) is 3. The number of amides is 5. The second-order valence-electron chi connectivity index (χ2n) is 17.5. The summed E-state index contributed by atoms with van der Waals surface area (Å²) in [6.07, 6.45) is 1.40. The summed E-state index contributed by atoms with van der Waals surface area (Å²) >= 11 is 6.56. The third-order valence-electron chi connectivity index (χ3n) is 11.4. The van der Waals surface area contributed by atoms with Gasteiger partial charge in [-0.25, -0.2) is 18.0 Å². The Hall–Kier alpha value is -3.79. The molecule has 0 spiro atoms. The van der Waals surface area contributed by atoms with E-state index in [2.05, 4.69) is 15.4 Å². The first-order valence-corrected chi connectivity index (χ1v) is 21.2. The number of fused-ring (bicyclic) bond motifs is 3. The second-order valence-corrected chi connectivity index (χ2v) is 19.9. The number of benzene rings is 1. The molecule has 3 fully saturated rings. The van der Waals surface area contributed by atoms with Crippen molar-refractivity contribution in [3.63, 3.8) is 0 Å². The van der Waals surface area contributed by atoms with Crippen LogP contribution in [0.15, 0.2) is 12.1 Å². The van der Waals surface area contributed by atoms with Crippen LogP contribution in [-0.4, -0.2) is 96.9 Å². The summed E-state index contributed by atoms with van der Waals surface area (Å²) in [5, 5.41) is 5.39. The Labute approximate surface area is 327 Å². The minimum Gasteiger partial charge on any atom is -0.493 e. The zero-order valence-electron chi connectivity index (χ0n) is 32.5. The minimum absolute atomic E-state index is 0.0945. The van der Waals surface area contributed by atoms with Crippen LogP contribution in [0.1, 0.15) is 104 Å². The number of alkyl carbamates (subject to hydrolysis) is 1. The lowest BCUT2D eigenvalue weighted by atomic mass is 9.85. The van der Waals surface area contributed by atoms with Gasteiger partial charge in [-0.2, -0.15) is 0 Å². The fraction of sp³-hybridized carbons (Fsp3) is 0.711. The zero-order valence-corrected chi connectivity index (χ0v) is 34.1. The summed E-state index contributed by atoms with van der Waals surface area (Å²) in [6.45, 7) is 11.8. The first-order chi connectivity index (χ1) is 25.7. The number of hydrogen-bond donors (Lipinski definition) is 3. The highest BCUT2D eigenvalue weighted by molar-refractivity contribution is 7.91. The predicted molar refractivity (Wildman–Crippen MR) is 201 cm³/mol. The van der Waals surface area contributed by atoms with Crippen LogP contribution in [0.4, 0.5) is 9.59 Å². The monoisotopic (exact) mass is 807 g/mol. The molecule has 3 heterocycles. The third kappa shape index (κ3) is 8.95. The summed E-state index contributed by atoms with van der Waals surface area (Å²) in [7, 11) is -3.90. The highest BCUT2D eigenvalue weighted by atomic mass is 35.5. The van der Waals surface area contributed by atoms with Gasteiger partial charge in [0.25, 0.3) is 5.91 Å². The van der Waals surface area contributed by atoms with E-state index in [9.17, 15) is 32.4 Å². The van der Waals surface area contributed by atoms with Crippen molar-refractivity contribution in [3.8, 4) is 5.75 Å². The molecule has 3 aliphatic heterocycles. The van der Waals surface area contributed by atoms with Crippen LogP contribution in [0.25, 0.3) is 0 Å². The van der Waals surface area contributed by atoms with Crippen molar-refractivity contribution in [2.45, 2.75) is 135 Å². The van der Waals surface area contributed by atoms with Gasteiger partial charge in [-0.3, -0.25) is 24.0 Å². The van der Waals surface area contributed by atoms with Gasteiger partial charge in [0.05, 0.1) is 38.1 Å². The summed E-state index contributed by atoms with van der Waals surface area (Å²) in [4.78, 5) is 72.1. The van der Waals surface area contributed by atoms with Crippen LogP contribution < -0.4 is 20.1 Å². The Morgan fingerprint density at radius 3 is 2.42 bits per heavy atom. The van der Waals surface area contributed by atoms with Gasteiger partial charge in [0, 0.05) is 17.0 Å². The van der Waals surface area contributed by atoms with Gasteiger partial charge in [-0.05, 0) is 73.0 Å². The van der Waals surface area contributed by atoms with Crippen LogP contribution in [0.3, 0.4) is 0 Å². The summed E-state index contributed by atoms with van der Waals surface area (Å²) in [5.41, 5.74) is -1.18. The van der Waals surface area contributed by atoms with E-state index in [0.29, 0.717) is 36.6 Å². The molecule has 5 amide bonds. The number of carbonyl (C=O) groups is 5. The highest BCUT2D eigenvalue weighted by Gasteiger charge is 2.62. The van der Waals surface area contributed by atoms with E-state index in [-0.39, 0.29) is 50.4 Å². The van der Waals surface area contributed by atoms with Gasteiger partial charge in [0.15, 0.2) is 0 Å². The number of hydrogen-bond acceptors (Lipinski definition) is 10. The molecule has 304 valence electrons. The molecule has 1 unspecified atom stereocenters. The number of nitrogens with zero attached hydrogens (tertiary/aromatic N) is 2. The summed E-state index contributed by atoms with van der Waals surface area (Å²) < 4.78 is 45.4. The molecule has 15 nitrogen and oxygen atoms in total. The molecule has 1 aromatic carbocycles. The van der Waals surface area contributed by atoms with E-state index < -0.39 is 74.3 Å². The Morgan fingerprint density at radius 1 is 1.05 bits per heavy atom. The summed E-state index contributed by atoms with van der Waals surface area (Å²) in [5.74, 6) is -1.82. The lowest BCUT2D eigenvalue weighted by Gasteiger charge is -2.35. The molecule has 2 saturated carbocycles. The lowest BCUT2D eigenvalue weighted by Crippen LogP contribution is -2.60. The fourth-order valence-corrected chi connectivity index (χ4v) is 9.37. The van der Waals surface area contributed by atoms with E-state index in [1.54, 1.807) is 32.9 Å². The first-order valence-electron chi connectivity index (χ1n) is 19.2. The first kappa shape index (κ1) is 40.9. The molecule has 0 radical (unpaired) electrons. The predicted octanol–water partition coefficient (Wildman–Crippen LogP) is 4.38. The topological polar surface area (TPSA) is 190 Å². The number of rotatable bonds is 6. The van der Waals surface area contributed by atoms with E-state index in [1.165, 1.54) is 9.80 Å². The molecule has 5 atom stereocenters. The van der Waals surface area contributed by atoms with Crippen molar-refractivity contribution < 1.29 is 46.6 Å². The van der Waals surface area contributed by atoms with Crippen molar-refractivity contribution in [3.05, 3.63) is 28.3 Å². The van der Waals surface area contributed by atoms with Crippen molar-refractivity contribution in [2.75, 3.05) is 19.8 Å². The van der Waals surface area contributed by atoms with Crippen LogP contribution in [-0.2, 0) is 47.0 Å². The van der Waals surface area contributed by atoms with Gasteiger partial charge in [0.2, 0.25) is 21.8 Å². The number of ether oxygens (including phenoxy) is 3. The maximum Gasteiger partial charge on any atom is 0.410 e. The number of cyclic esters (lactones) is 1. The van der Waals surface area contributed by atoms with Gasteiger partial charge in [-0.15, -0.1) is 0 Å². The maximum absolute atomic E-state index is 14.5. The Bertz CT molecular complexity index is 1830. The molecule has 1 aromatic rings. The van der Waals surface area contributed by atoms with E-state index >= 15 is 0 Å². The molecule has 5 aliphatic rings. The Morgan fingerprint density at radius 2 is 1.76 bits per heavy atom. The third-order valence-corrected chi connectivity index (χ3v) is 13.6.